The van der Waals surface area contributed by atoms with Gasteiger partial charge in [0.15, 0.2) is 17.4 Å². The van der Waals surface area contributed by atoms with E-state index in [2.05, 4.69) is 32.4 Å². The molecule has 0 radical (unpaired) electrons. The molecule has 1 aromatic carbocycles. The van der Waals surface area contributed by atoms with Gasteiger partial charge in [-0.15, -0.1) is 5.92 Å². The van der Waals surface area contributed by atoms with Crippen molar-refractivity contribution in [3.8, 4) is 11.8 Å². The summed E-state index contributed by atoms with van der Waals surface area (Å²) in [5.74, 6) is 3.78. The number of hydrogen-bond donors (Lipinski definition) is 2. The quantitative estimate of drug-likeness (QED) is 0.259. The Morgan fingerprint density at radius 2 is 2.03 bits per heavy atom. The molecule has 13 heteroatoms. The van der Waals surface area contributed by atoms with Crippen LogP contribution in [0.3, 0.4) is 0 Å². The second-order valence-electron chi connectivity index (χ2n) is 8.67. The Morgan fingerprint density at radius 1 is 1.26 bits per heavy atom. The molecular formula is C25H28F3N7O3. The van der Waals surface area contributed by atoms with E-state index in [9.17, 15) is 22.8 Å². The van der Waals surface area contributed by atoms with E-state index in [0.29, 0.717) is 19.0 Å². The van der Waals surface area contributed by atoms with Crippen LogP contribution in [-0.4, -0.2) is 63.7 Å². The van der Waals surface area contributed by atoms with E-state index in [4.69, 9.17) is 4.74 Å². The number of imidazole rings is 1. The Hall–Kier alpha value is -4.05. The number of carbonyl (C=O) groups excluding carboxylic acids is 1. The molecule has 4 rings (SSSR count). The van der Waals surface area contributed by atoms with Crippen molar-refractivity contribution in [1.29, 1.82) is 0 Å². The first kappa shape index (κ1) is 27.0. The molecule has 10 nitrogen and oxygen atoms in total. The zero-order valence-corrected chi connectivity index (χ0v) is 21.0. The van der Waals surface area contributed by atoms with Crippen LogP contribution < -0.4 is 21.1 Å². The molecule has 1 saturated heterocycles. The van der Waals surface area contributed by atoms with Crippen LogP contribution in [0.15, 0.2) is 35.1 Å². The maximum Gasteiger partial charge on any atom is 0.491 e. The van der Waals surface area contributed by atoms with Crippen LogP contribution in [0.4, 0.5) is 25.1 Å². The lowest BCUT2D eigenvalue weighted by molar-refractivity contribution is -0.205. The van der Waals surface area contributed by atoms with Crippen molar-refractivity contribution >= 4 is 29.0 Å². The number of ether oxygens (including phenoxy) is 1. The maximum atomic E-state index is 13.4. The summed E-state index contributed by atoms with van der Waals surface area (Å²) in [6, 6.07) is 10.0. The molecule has 0 saturated carbocycles. The minimum absolute atomic E-state index is 0.0486. The zero-order valence-electron chi connectivity index (χ0n) is 21.0. The Labute approximate surface area is 216 Å². The highest BCUT2D eigenvalue weighted by Gasteiger charge is 2.44. The zero-order chi connectivity index (χ0) is 27.3. The molecular weight excluding hydrogens is 503 g/mol. The van der Waals surface area contributed by atoms with Crippen molar-refractivity contribution in [3.05, 3.63) is 46.2 Å². The van der Waals surface area contributed by atoms with Crippen LogP contribution in [0.2, 0.25) is 0 Å². The molecule has 3 aromatic rings. The van der Waals surface area contributed by atoms with E-state index < -0.39 is 23.9 Å². The number of piperazine rings is 1. The van der Waals surface area contributed by atoms with E-state index in [1.807, 2.05) is 30.3 Å². The molecule has 38 heavy (non-hydrogen) atoms. The molecule has 1 aliphatic rings. The number of aryl methyl sites for hydroxylation is 1. The number of fused-ring (bicyclic) bond motifs is 1. The molecule has 0 amide bonds. The van der Waals surface area contributed by atoms with Gasteiger partial charge < -0.3 is 20.3 Å². The molecule has 0 aliphatic carbocycles. The van der Waals surface area contributed by atoms with Crippen molar-refractivity contribution in [2.24, 2.45) is 7.05 Å². The van der Waals surface area contributed by atoms with Gasteiger partial charge in [-0.1, -0.05) is 36.3 Å². The fourth-order valence-electron chi connectivity index (χ4n) is 4.17. The third-order valence-electron chi connectivity index (χ3n) is 6.08. The number of benzene rings is 1. The first-order chi connectivity index (χ1) is 18.2. The summed E-state index contributed by atoms with van der Waals surface area (Å²) in [6.45, 7) is 2.78. The molecule has 2 N–H and O–H groups in total. The number of anilines is 2. The number of halogens is 3. The standard InChI is InChI=1S/C25H28F3N7O3/c1-3-4-14-35-19-20(32-24(35)34-15-13-29-16-18(34)38-22(37)25(26,27)28)31-23(33(2)21(19)36)30-12-8-11-17-9-6-5-7-10-17/h5-7,9-10,18,29H,8,11-16H2,1-2H3,(H,30,31). The summed E-state index contributed by atoms with van der Waals surface area (Å²) in [7, 11) is 1.58. The minimum Gasteiger partial charge on any atom is -0.433 e. The molecule has 2 aromatic heterocycles. The number of esters is 1. The lowest BCUT2D eigenvalue weighted by atomic mass is 10.1. The summed E-state index contributed by atoms with van der Waals surface area (Å²) in [5, 5.41) is 6.09. The summed E-state index contributed by atoms with van der Waals surface area (Å²) in [4.78, 5) is 35.4. The fraction of sp³-hybridized carbons (Fsp3) is 0.440. The van der Waals surface area contributed by atoms with Gasteiger partial charge >= 0.3 is 12.1 Å². The Balaban J connectivity index is 1.65. The molecule has 3 heterocycles. The van der Waals surface area contributed by atoms with Crippen LogP contribution in [0.25, 0.3) is 11.2 Å². The second-order valence-corrected chi connectivity index (χ2v) is 8.67. The average Bonchev–Trinajstić information content (AvgIpc) is 3.26. The first-order valence-electron chi connectivity index (χ1n) is 12.1. The van der Waals surface area contributed by atoms with Crippen LogP contribution >= 0.6 is 0 Å². The Bertz CT molecular complexity index is 1410. The summed E-state index contributed by atoms with van der Waals surface area (Å²) < 4.78 is 46.3. The largest absolute Gasteiger partial charge is 0.491 e. The number of alkyl halides is 3. The van der Waals surface area contributed by atoms with Crippen LogP contribution in [0, 0.1) is 11.8 Å². The van der Waals surface area contributed by atoms with Crippen molar-refractivity contribution < 1.29 is 22.7 Å². The van der Waals surface area contributed by atoms with E-state index in [-0.39, 0.29) is 36.7 Å². The van der Waals surface area contributed by atoms with Crippen molar-refractivity contribution in [3.63, 3.8) is 0 Å². The fourth-order valence-corrected chi connectivity index (χ4v) is 4.17. The van der Waals surface area contributed by atoms with Gasteiger partial charge in [-0.2, -0.15) is 23.1 Å². The van der Waals surface area contributed by atoms with Gasteiger partial charge in [0.25, 0.3) is 5.56 Å². The third kappa shape index (κ3) is 5.91. The van der Waals surface area contributed by atoms with Crippen molar-refractivity contribution in [2.75, 3.05) is 36.4 Å². The first-order valence-corrected chi connectivity index (χ1v) is 12.1. The van der Waals surface area contributed by atoms with Gasteiger partial charge in [-0.3, -0.25) is 13.9 Å². The number of hydrogen-bond acceptors (Lipinski definition) is 8. The average molecular weight is 532 g/mol. The molecule has 1 unspecified atom stereocenters. The normalized spacial score (nSPS) is 15.7. The molecule has 1 atom stereocenters. The monoisotopic (exact) mass is 531 g/mol. The van der Waals surface area contributed by atoms with E-state index >= 15 is 0 Å². The SMILES string of the molecule is CC#CCn1c(N2CCNCC2OC(=O)C(F)(F)F)nc2nc(NCCCc3ccccc3)n(C)c(=O)c21. The molecule has 1 fully saturated rings. The van der Waals surface area contributed by atoms with Crippen LogP contribution in [0.1, 0.15) is 18.9 Å². The van der Waals surface area contributed by atoms with Gasteiger partial charge in [0, 0.05) is 26.7 Å². The Morgan fingerprint density at radius 3 is 2.74 bits per heavy atom. The van der Waals surface area contributed by atoms with Crippen LogP contribution in [-0.2, 0) is 29.5 Å². The number of rotatable bonds is 8. The number of nitrogens with one attached hydrogen (secondary N) is 2. The van der Waals surface area contributed by atoms with Gasteiger partial charge in [0.2, 0.25) is 11.9 Å². The van der Waals surface area contributed by atoms with Gasteiger partial charge in [-0.25, -0.2) is 4.79 Å². The van der Waals surface area contributed by atoms with Crippen molar-refractivity contribution in [1.82, 2.24) is 24.4 Å². The molecule has 0 spiro atoms. The lowest BCUT2D eigenvalue weighted by Crippen LogP contribution is -2.55. The Kier molecular flexibility index (Phi) is 8.21. The van der Waals surface area contributed by atoms with Gasteiger partial charge in [0.1, 0.15) is 0 Å². The highest BCUT2D eigenvalue weighted by atomic mass is 19.4. The minimum atomic E-state index is -5.14. The second kappa shape index (κ2) is 11.6. The summed E-state index contributed by atoms with van der Waals surface area (Å²) in [5.41, 5.74) is 1.07. The highest BCUT2D eigenvalue weighted by molar-refractivity contribution is 5.77. The maximum absolute atomic E-state index is 13.4. The van der Waals surface area contributed by atoms with Crippen LogP contribution in [0.5, 0.6) is 0 Å². The van der Waals surface area contributed by atoms with E-state index in [0.717, 1.165) is 12.8 Å². The molecule has 1 aliphatic heterocycles. The predicted molar refractivity (Wildman–Crippen MR) is 136 cm³/mol. The van der Waals surface area contributed by atoms with E-state index in [1.54, 1.807) is 14.0 Å². The molecule has 202 valence electrons. The number of carbonyl (C=O) groups is 1. The third-order valence-corrected chi connectivity index (χ3v) is 6.08. The lowest BCUT2D eigenvalue weighted by Gasteiger charge is -2.36. The van der Waals surface area contributed by atoms with Gasteiger partial charge in [-0.05, 0) is 25.3 Å². The number of aromatic nitrogens is 4. The van der Waals surface area contributed by atoms with Crippen molar-refractivity contribution in [2.45, 2.75) is 38.7 Å². The molecule has 0 bridgehead atoms. The summed E-state index contributed by atoms with van der Waals surface area (Å²) >= 11 is 0. The highest BCUT2D eigenvalue weighted by Crippen LogP contribution is 2.25. The summed E-state index contributed by atoms with van der Waals surface area (Å²) in [6.07, 6.45) is -4.78. The topological polar surface area (TPSA) is 106 Å². The number of nitrogens with zero attached hydrogens (tertiary/aromatic N) is 5. The smallest absolute Gasteiger partial charge is 0.433 e. The van der Waals surface area contributed by atoms with E-state index in [1.165, 1.54) is 19.6 Å². The van der Waals surface area contributed by atoms with Gasteiger partial charge in [0.05, 0.1) is 13.1 Å². The predicted octanol–water partition coefficient (Wildman–Crippen LogP) is 2.04.